The van der Waals surface area contributed by atoms with Gasteiger partial charge in [-0.15, -0.1) is 5.17 Å². The van der Waals surface area contributed by atoms with Gasteiger partial charge in [0.1, 0.15) is 0 Å². The number of hydrazine groups is 1. The summed E-state index contributed by atoms with van der Waals surface area (Å²) in [5.74, 6) is 0.951. The van der Waals surface area contributed by atoms with E-state index in [0.29, 0.717) is 0 Å². The molecular weight excluding hydrogens is 212 g/mol. The molecule has 2 rings (SSSR count). The van der Waals surface area contributed by atoms with Crippen LogP contribution in [0.3, 0.4) is 0 Å². The van der Waals surface area contributed by atoms with Crippen LogP contribution in [0.25, 0.3) is 0 Å². The SMILES string of the molecule is CCCC1=CNN(c2ccc(Cl)cc2)O1. The molecule has 0 spiro atoms. The van der Waals surface area contributed by atoms with E-state index in [9.17, 15) is 0 Å². The number of hydrogen-bond donors (Lipinski definition) is 1. The summed E-state index contributed by atoms with van der Waals surface area (Å²) in [5.41, 5.74) is 3.97. The molecule has 15 heavy (non-hydrogen) atoms. The van der Waals surface area contributed by atoms with Gasteiger partial charge in [0.2, 0.25) is 0 Å². The molecule has 3 nitrogen and oxygen atoms in total. The van der Waals surface area contributed by atoms with Crippen molar-refractivity contribution in [3.05, 3.63) is 41.2 Å². The van der Waals surface area contributed by atoms with Crippen molar-refractivity contribution in [3.8, 4) is 0 Å². The predicted octanol–water partition coefficient (Wildman–Crippen LogP) is 3.24. The predicted molar refractivity (Wildman–Crippen MR) is 61.1 cm³/mol. The van der Waals surface area contributed by atoms with E-state index in [1.165, 1.54) is 0 Å². The molecular formula is C11H13ClN2O. The lowest BCUT2D eigenvalue weighted by Crippen LogP contribution is -2.28. The van der Waals surface area contributed by atoms with E-state index in [1.807, 2.05) is 30.5 Å². The van der Waals surface area contributed by atoms with Crippen molar-refractivity contribution in [2.75, 3.05) is 5.17 Å². The van der Waals surface area contributed by atoms with E-state index >= 15 is 0 Å². The van der Waals surface area contributed by atoms with Gasteiger partial charge in [0.05, 0.1) is 11.9 Å². The minimum atomic E-state index is 0.722. The molecule has 0 bridgehead atoms. The Morgan fingerprint density at radius 1 is 1.33 bits per heavy atom. The molecule has 1 N–H and O–H groups in total. The van der Waals surface area contributed by atoms with Gasteiger partial charge in [-0.3, -0.25) is 5.43 Å². The van der Waals surface area contributed by atoms with Crippen molar-refractivity contribution in [2.45, 2.75) is 19.8 Å². The van der Waals surface area contributed by atoms with Gasteiger partial charge in [-0.25, -0.2) is 0 Å². The Bertz CT molecular complexity index is 361. The molecule has 80 valence electrons. The summed E-state index contributed by atoms with van der Waals surface area (Å²) in [6, 6.07) is 7.47. The van der Waals surface area contributed by atoms with Crippen LogP contribution >= 0.6 is 11.6 Å². The zero-order valence-corrected chi connectivity index (χ0v) is 9.29. The quantitative estimate of drug-likeness (QED) is 0.853. The zero-order valence-electron chi connectivity index (χ0n) is 8.53. The van der Waals surface area contributed by atoms with Crippen LogP contribution in [0, 0.1) is 0 Å². The Morgan fingerprint density at radius 3 is 2.73 bits per heavy atom. The van der Waals surface area contributed by atoms with Gasteiger partial charge in [-0.2, -0.15) is 0 Å². The summed E-state index contributed by atoms with van der Waals surface area (Å²) >= 11 is 5.80. The number of allylic oxidation sites excluding steroid dienone is 1. The Kier molecular flexibility index (Phi) is 3.02. The smallest absolute Gasteiger partial charge is 0.152 e. The van der Waals surface area contributed by atoms with Crippen molar-refractivity contribution in [3.63, 3.8) is 0 Å². The topological polar surface area (TPSA) is 24.5 Å². The lowest BCUT2D eigenvalue weighted by Gasteiger charge is -2.17. The first-order valence-electron chi connectivity index (χ1n) is 4.98. The summed E-state index contributed by atoms with van der Waals surface area (Å²) in [7, 11) is 0. The largest absolute Gasteiger partial charge is 0.362 e. The number of nitrogens with zero attached hydrogens (tertiary/aromatic N) is 1. The lowest BCUT2D eigenvalue weighted by atomic mass is 10.3. The van der Waals surface area contributed by atoms with Crippen molar-refractivity contribution in [2.24, 2.45) is 0 Å². The van der Waals surface area contributed by atoms with Crippen LogP contribution in [-0.2, 0) is 4.84 Å². The highest BCUT2D eigenvalue weighted by molar-refractivity contribution is 6.30. The Balaban J connectivity index is 2.01. The number of nitrogens with one attached hydrogen (secondary N) is 1. The second-order valence-corrected chi connectivity index (χ2v) is 3.79. The van der Waals surface area contributed by atoms with Crippen molar-refractivity contribution < 1.29 is 4.84 Å². The average Bonchev–Trinajstić information content (AvgIpc) is 2.68. The fourth-order valence-corrected chi connectivity index (χ4v) is 1.49. The van der Waals surface area contributed by atoms with Crippen LogP contribution in [0.2, 0.25) is 5.02 Å². The maximum Gasteiger partial charge on any atom is 0.152 e. The molecule has 0 aromatic heterocycles. The molecule has 0 unspecified atom stereocenters. The highest BCUT2D eigenvalue weighted by Gasteiger charge is 2.14. The third-order valence-electron chi connectivity index (χ3n) is 2.11. The molecule has 1 aliphatic rings. The second-order valence-electron chi connectivity index (χ2n) is 3.35. The average molecular weight is 225 g/mol. The van der Waals surface area contributed by atoms with Crippen LogP contribution in [0.4, 0.5) is 5.69 Å². The summed E-state index contributed by atoms with van der Waals surface area (Å²) < 4.78 is 0. The van der Waals surface area contributed by atoms with Gasteiger partial charge in [-0.1, -0.05) is 18.5 Å². The normalized spacial score (nSPS) is 14.5. The molecule has 1 heterocycles. The number of anilines is 1. The minimum absolute atomic E-state index is 0.722. The van der Waals surface area contributed by atoms with Crippen LogP contribution in [-0.4, -0.2) is 0 Å². The van der Waals surface area contributed by atoms with E-state index in [1.54, 1.807) is 5.17 Å². The molecule has 0 amide bonds. The van der Waals surface area contributed by atoms with Crippen molar-refractivity contribution >= 4 is 17.3 Å². The summed E-state index contributed by atoms with van der Waals surface area (Å²) in [4.78, 5) is 5.57. The molecule has 1 aromatic carbocycles. The minimum Gasteiger partial charge on any atom is -0.362 e. The van der Waals surface area contributed by atoms with Crippen LogP contribution in [0.15, 0.2) is 36.2 Å². The van der Waals surface area contributed by atoms with Gasteiger partial charge in [-0.05, 0) is 30.7 Å². The molecule has 1 aromatic rings. The second kappa shape index (κ2) is 4.45. The van der Waals surface area contributed by atoms with Gasteiger partial charge in [0.15, 0.2) is 5.76 Å². The third-order valence-corrected chi connectivity index (χ3v) is 2.36. The third kappa shape index (κ3) is 2.36. The Labute approximate surface area is 94.2 Å². The maximum absolute atomic E-state index is 5.80. The summed E-state index contributed by atoms with van der Waals surface area (Å²) in [5, 5.41) is 2.35. The van der Waals surface area contributed by atoms with E-state index < -0.39 is 0 Å². The molecule has 0 aliphatic carbocycles. The van der Waals surface area contributed by atoms with Gasteiger partial charge in [0, 0.05) is 11.4 Å². The van der Waals surface area contributed by atoms with Crippen LogP contribution in [0.5, 0.6) is 0 Å². The lowest BCUT2D eigenvalue weighted by molar-refractivity contribution is 0.183. The molecule has 0 atom stereocenters. The number of halogens is 1. The van der Waals surface area contributed by atoms with Crippen molar-refractivity contribution in [1.82, 2.24) is 5.43 Å². The van der Waals surface area contributed by atoms with E-state index in [0.717, 1.165) is 29.3 Å². The first kappa shape index (κ1) is 10.2. The van der Waals surface area contributed by atoms with Gasteiger partial charge < -0.3 is 4.84 Å². The summed E-state index contributed by atoms with van der Waals surface area (Å²) in [6.07, 6.45) is 3.89. The molecule has 0 fully saturated rings. The van der Waals surface area contributed by atoms with Gasteiger partial charge in [0.25, 0.3) is 0 Å². The first-order chi connectivity index (χ1) is 7.29. The Hall–Kier alpha value is -1.35. The van der Waals surface area contributed by atoms with E-state index in [-0.39, 0.29) is 0 Å². The number of benzene rings is 1. The maximum atomic E-state index is 5.80. The first-order valence-corrected chi connectivity index (χ1v) is 5.36. The molecule has 4 heteroatoms. The number of hydrogen-bond acceptors (Lipinski definition) is 3. The monoisotopic (exact) mass is 224 g/mol. The fourth-order valence-electron chi connectivity index (χ4n) is 1.37. The molecule has 0 saturated carbocycles. The zero-order chi connectivity index (χ0) is 10.7. The van der Waals surface area contributed by atoms with E-state index in [2.05, 4.69) is 12.3 Å². The molecule has 1 aliphatic heterocycles. The standard InChI is InChI=1S/C11H13ClN2O/c1-2-3-11-8-13-14(15-11)10-6-4-9(12)5-7-10/h4-8,13H,2-3H2,1H3. The van der Waals surface area contributed by atoms with E-state index in [4.69, 9.17) is 16.4 Å². The highest BCUT2D eigenvalue weighted by Crippen LogP contribution is 2.22. The fraction of sp³-hybridized carbons (Fsp3) is 0.273. The van der Waals surface area contributed by atoms with Crippen LogP contribution < -0.4 is 10.6 Å². The Morgan fingerprint density at radius 2 is 2.07 bits per heavy atom. The number of rotatable bonds is 3. The van der Waals surface area contributed by atoms with Gasteiger partial charge >= 0.3 is 0 Å². The van der Waals surface area contributed by atoms with Crippen molar-refractivity contribution in [1.29, 1.82) is 0 Å². The van der Waals surface area contributed by atoms with Crippen LogP contribution in [0.1, 0.15) is 19.8 Å². The summed E-state index contributed by atoms with van der Waals surface area (Å²) in [6.45, 7) is 2.12. The molecule has 0 radical (unpaired) electrons. The highest BCUT2D eigenvalue weighted by atomic mass is 35.5. The molecule has 0 saturated heterocycles.